The fourth-order valence-electron chi connectivity index (χ4n) is 2.43. The van der Waals surface area contributed by atoms with E-state index in [-0.39, 0.29) is 12.3 Å². The zero-order valence-corrected chi connectivity index (χ0v) is 11.0. The van der Waals surface area contributed by atoms with E-state index in [0.29, 0.717) is 5.92 Å². The van der Waals surface area contributed by atoms with Crippen LogP contribution >= 0.6 is 0 Å². The smallest absolute Gasteiger partial charge is 0.304 e. The third-order valence-electron chi connectivity index (χ3n) is 3.64. The second-order valence-corrected chi connectivity index (χ2v) is 5.92. The molecule has 1 atom stereocenters. The number of nitrogens with two attached hydrogens (primary N) is 1. The summed E-state index contributed by atoms with van der Waals surface area (Å²) in [5.41, 5.74) is 7.99. The van der Waals surface area contributed by atoms with Gasteiger partial charge in [0.05, 0.1) is 6.42 Å². The van der Waals surface area contributed by atoms with Gasteiger partial charge in [-0.15, -0.1) is 0 Å². The van der Waals surface area contributed by atoms with Crippen LogP contribution in [0.5, 0.6) is 0 Å². The van der Waals surface area contributed by atoms with Gasteiger partial charge in [0.2, 0.25) is 0 Å². The molecule has 2 rings (SSSR count). The van der Waals surface area contributed by atoms with Gasteiger partial charge in [-0.1, -0.05) is 24.3 Å². The highest BCUT2D eigenvalue weighted by Crippen LogP contribution is 2.41. The van der Waals surface area contributed by atoms with Crippen molar-refractivity contribution < 1.29 is 9.90 Å². The predicted molar refractivity (Wildman–Crippen MR) is 71.7 cm³/mol. The maximum Gasteiger partial charge on any atom is 0.304 e. The molecule has 3 N–H and O–H groups in total. The molecule has 0 amide bonds. The first-order valence-corrected chi connectivity index (χ1v) is 6.48. The van der Waals surface area contributed by atoms with Crippen molar-refractivity contribution in [2.45, 2.75) is 50.5 Å². The highest BCUT2D eigenvalue weighted by molar-refractivity contribution is 5.68. The number of benzene rings is 1. The van der Waals surface area contributed by atoms with Gasteiger partial charge in [0, 0.05) is 11.5 Å². The Morgan fingerprint density at radius 2 is 2.17 bits per heavy atom. The summed E-state index contributed by atoms with van der Waals surface area (Å²) in [6, 6.07) is 8.28. The van der Waals surface area contributed by atoms with Gasteiger partial charge >= 0.3 is 5.97 Å². The van der Waals surface area contributed by atoms with E-state index >= 15 is 0 Å². The Balaban J connectivity index is 2.29. The Bertz CT molecular complexity index is 444. The number of hydrogen-bond acceptors (Lipinski definition) is 2. The minimum absolute atomic E-state index is 0.0810. The standard InChI is InChI=1S/C15H21NO2/c1-15(2,16)13(9-14(17)18)12-5-3-4-11(8-12)10-6-7-10/h3-5,8,10,13H,6-7,9,16H2,1-2H3,(H,17,18). The zero-order valence-electron chi connectivity index (χ0n) is 11.0. The molecule has 1 aromatic carbocycles. The van der Waals surface area contributed by atoms with Gasteiger partial charge in [-0.3, -0.25) is 4.79 Å². The Hall–Kier alpha value is -1.35. The Labute approximate surface area is 108 Å². The second kappa shape index (κ2) is 4.73. The van der Waals surface area contributed by atoms with Crippen LogP contribution in [0.25, 0.3) is 0 Å². The van der Waals surface area contributed by atoms with Crippen molar-refractivity contribution in [3.63, 3.8) is 0 Å². The lowest BCUT2D eigenvalue weighted by Crippen LogP contribution is -2.40. The SMILES string of the molecule is CC(C)(N)C(CC(=O)O)c1cccc(C2CC2)c1. The number of carbonyl (C=O) groups is 1. The van der Waals surface area contributed by atoms with Crippen molar-refractivity contribution in [2.75, 3.05) is 0 Å². The van der Waals surface area contributed by atoms with Crippen molar-refractivity contribution in [1.29, 1.82) is 0 Å². The van der Waals surface area contributed by atoms with Crippen LogP contribution in [-0.4, -0.2) is 16.6 Å². The van der Waals surface area contributed by atoms with Crippen molar-refractivity contribution in [1.82, 2.24) is 0 Å². The Morgan fingerprint density at radius 1 is 1.50 bits per heavy atom. The molecule has 0 radical (unpaired) electrons. The molecule has 1 fully saturated rings. The summed E-state index contributed by atoms with van der Waals surface area (Å²) in [5.74, 6) is -0.264. The monoisotopic (exact) mass is 247 g/mol. The minimum Gasteiger partial charge on any atom is -0.481 e. The molecule has 1 saturated carbocycles. The van der Waals surface area contributed by atoms with E-state index in [1.807, 2.05) is 26.0 Å². The molecular formula is C15H21NO2. The number of hydrogen-bond donors (Lipinski definition) is 2. The Morgan fingerprint density at radius 3 is 2.67 bits per heavy atom. The number of aliphatic carboxylic acids is 1. The average molecular weight is 247 g/mol. The molecule has 3 heteroatoms. The molecule has 0 aromatic heterocycles. The highest BCUT2D eigenvalue weighted by atomic mass is 16.4. The fraction of sp³-hybridized carbons (Fsp3) is 0.533. The van der Waals surface area contributed by atoms with Crippen LogP contribution in [-0.2, 0) is 4.79 Å². The molecule has 0 heterocycles. The third kappa shape index (κ3) is 3.10. The first kappa shape index (κ1) is 13.1. The van der Waals surface area contributed by atoms with Crippen LogP contribution in [0.3, 0.4) is 0 Å². The molecule has 1 aliphatic carbocycles. The minimum atomic E-state index is -0.796. The van der Waals surface area contributed by atoms with E-state index in [4.69, 9.17) is 10.8 Å². The molecule has 1 aromatic rings. The second-order valence-electron chi connectivity index (χ2n) is 5.92. The lowest BCUT2D eigenvalue weighted by Gasteiger charge is -2.30. The molecule has 3 nitrogen and oxygen atoms in total. The largest absolute Gasteiger partial charge is 0.481 e. The van der Waals surface area contributed by atoms with Crippen molar-refractivity contribution in [3.05, 3.63) is 35.4 Å². The summed E-state index contributed by atoms with van der Waals surface area (Å²) in [5, 5.41) is 9.04. The summed E-state index contributed by atoms with van der Waals surface area (Å²) in [4.78, 5) is 11.0. The van der Waals surface area contributed by atoms with E-state index in [1.165, 1.54) is 18.4 Å². The van der Waals surface area contributed by atoms with E-state index in [1.54, 1.807) is 0 Å². The molecule has 0 saturated heterocycles. The fourth-order valence-corrected chi connectivity index (χ4v) is 2.43. The van der Waals surface area contributed by atoms with Gasteiger partial charge < -0.3 is 10.8 Å². The molecule has 0 bridgehead atoms. The normalized spacial score (nSPS) is 17.5. The van der Waals surface area contributed by atoms with E-state index in [0.717, 1.165) is 5.56 Å². The molecule has 98 valence electrons. The van der Waals surface area contributed by atoms with E-state index in [9.17, 15) is 4.79 Å². The molecule has 0 aliphatic heterocycles. The Kier molecular flexibility index (Phi) is 3.44. The molecule has 0 spiro atoms. The van der Waals surface area contributed by atoms with Gasteiger partial charge in [0.25, 0.3) is 0 Å². The van der Waals surface area contributed by atoms with Crippen LogP contribution in [0.4, 0.5) is 0 Å². The maximum atomic E-state index is 11.0. The summed E-state index contributed by atoms with van der Waals surface area (Å²) in [6.07, 6.45) is 2.58. The maximum absolute atomic E-state index is 11.0. The number of rotatable bonds is 5. The lowest BCUT2D eigenvalue weighted by atomic mass is 9.80. The van der Waals surface area contributed by atoms with Gasteiger partial charge in [-0.05, 0) is 43.7 Å². The topological polar surface area (TPSA) is 63.3 Å². The van der Waals surface area contributed by atoms with Crippen LogP contribution in [0.15, 0.2) is 24.3 Å². The van der Waals surface area contributed by atoms with Gasteiger partial charge in [0.1, 0.15) is 0 Å². The van der Waals surface area contributed by atoms with Crippen LogP contribution < -0.4 is 5.73 Å². The van der Waals surface area contributed by atoms with E-state index in [2.05, 4.69) is 12.1 Å². The summed E-state index contributed by atoms with van der Waals surface area (Å²) in [6.45, 7) is 3.79. The van der Waals surface area contributed by atoms with Crippen molar-refractivity contribution >= 4 is 5.97 Å². The van der Waals surface area contributed by atoms with Crippen LogP contribution in [0, 0.1) is 0 Å². The molecule has 18 heavy (non-hydrogen) atoms. The number of carboxylic acids is 1. The highest BCUT2D eigenvalue weighted by Gasteiger charge is 2.30. The summed E-state index contributed by atoms with van der Waals surface area (Å²) < 4.78 is 0. The predicted octanol–water partition coefficient (Wildman–Crippen LogP) is 2.86. The molecule has 1 aliphatic rings. The third-order valence-corrected chi connectivity index (χ3v) is 3.64. The molecule has 1 unspecified atom stereocenters. The zero-order chi connectivity index (χ0) is 13.3. The van der Waals surface area contributed by atoms with Crippen LogP contribution in [0.2, 0.25) is 0 Å². The quantitative estimate of drug-likeness (QED) is 0.841. The van der Waals surface area contributed by atoms with Gasteiger partial charge in [0.15, 0.2) is 0 Å². The lowest BCUT2D eigenvalue weighted by molar-refractivity contribution is -0.137. The van der Waals surface area contributed by atoms with Gasteiger partial charge in [-0.25, -0.2) is 0 Å². The average Bonchev–Trinajstić information content (AvgIpc) is 3.08. The van der Waals surface area contributed by atoms with Crippen molar-refractivity contribution in [2.24, 2.45) is 5.73 Å². The van der Waals surface area contributed by atoms with Crippen LogP contribution in [0.1, 0.15) is 56.1 Å². The van der Waals surface area contributed by atoms with E-state index < -0.39 is 11.5 Å². The summed E-state index contributed by atoms with van der Waals surface area (Å²) >= 11 is 0. The van der Waals surface area contributed by atoms with Gasteiger partial charge in [-0.2, -0.15) is 0 Å². The molecular weight excluding hydrogens is 226 g/mol. The summed E-state index contributed by atoms with van der Waals surface area (Å²) in [7, 11) is 0. The first-order valence-electron chi connectivity index (χ1n) is 6.48. The first-order chi connectivity index (χ1) is 8.38. The number of carboxylic acid groups (broad SMARTS) is 1. The van der Waals surface area contributed by atoms with Crippen molar-refractivity contribution in [3.8, 4) is 0 Å².